The summed E-state index contributed by atoms with van der Waals surface area (Å²) in [4.78, 5) is 15.0. The number of fused-ring (bicyclic) bond motifs is 3. The summed E-state index contributed by atoms with van der Waals surface area (Å²) in [6, 6.07) is 10.2. The molecule has 3 aliphatic heterocycles. The Morgan fingerprint density at radius 2 is 1.81 bits per heavy atom. The third-order valence-corrected chi connectivity index (χ3v) is 7.14. The lowest BCUT2D eigenvalue weighted by Crippen LogP contribution is -2.59. The standard InChI is InChI=1S/C25H33N3O4/c1-17(2)21-7-9-24(29)28(26-21)16-25(30)13-19-4-3-5-20(14-25)27(19)15-18-6-8-22-23(12-18)32-11-10-31-22/h6-9,12,17,19-20,30H,3-5,10-11,13-16H2,1-2H3/t19-,20-/m0/s1. The zero-order chi connectivity index (χ0) is 22.3. The monoisotopic (exact) mass is 439 g/mol. The maximum Gasteiger partial charge on any atom is 0.266 e. The van der Waals surface area contributed by atoms with Crippen LogP contribution in [0.15, 0.2) is 35.1 Å². The highest BCUT2D eigenvalue weighted by Crippen LogP contribution is 2.41. The van der Waals surface area contributed by atoms with E-state index < -0.39 is 5.60 Å². The molecule has 0 unspecified atom stereocenters. The third kappa shape index (κ3) is 4.28. The average molecular weight is 440 g/mol. The highest BCUT2D eigenvalue weighted by atomic mass is 16.6. The maximum atomic E-state index is 12.4. The molecule has 0 saturated carbocycles. The van der Waals surface area contributed by atoms with Crippen molar-refractivity contribution in [3.8, 4) is 11.5 Å². The van der Waals surface area contributed by atoms with E-state index in [0.717, 1.165) is 36.6 Å². The minimum absolute atomic E-state index is 0.147. The second kappa shape index (κ2) is 8.52. The van der Waals surface area contributed by atoms with Crippen LogP contribution in [0, 0.1) is 0 Å². The lowest BCUT2D eigenvalue weighted by atomic mass is 9.75. The van der Waals surface area contributed by atoms with E-state index in [4.69, 9.17) is 9.47 Å². The van der Waals surface area contributed by atoms with Gasteiger partial charge in [0, 0.05) is 24.7 Å². The van der Waals surface area contributed by atoms with Crippen molar-refractivity contribution in [3.05, 3.63) is 51.9 Å². The van der Waals surface area contributed by atoms with Crippen LogP contribution >= 0.6 is 0 Å². The molecule has 4 heterocycles. The number of piperidine rings is 2. The molecular weight excluding hydrogens is 406 g/mol. The van der Waals surface area contributed by atoms with Crippen LogP contribution in [0.1, 0.15) is 63.1 Å². The molecule has 1 N–H and O–H groups in total. The Kier molecular flexibility index (Phi) is 5.72. The molecule has 0 radical (unpaired) electrons. The van der Waals surface area contributed by atoms with Crippen LogP contribution in [0.5, 0.6) is 11.5 Å². The number of ether oxygens (including phenoxy) is 2. The Bertz CT molecular complexity index is 1020. The molecule has 0 aliphatic carbocycles. The normalized spacial score (nSPS) is 27.5. The first-order chi connectivity index (χ1) is 15.4. The number of rotatable bonds is 5. The zero-order valence-corrected chi connectivity index (χ0v) is 19.0. The first-order valence-electron chi connectivity index (χ1n) is 11.8. The summed E-state index contributed by atoms with van der Waals surface area (Å²) in [6.45, 7) is 6.41. The minimum Gasteiger partial charge on any atom is -0.486 e. The van der Waals surface area contributed by atoms with Gasteiger partial charge in [-0.05, 0) is 55.4 Å². The summed E-state index contributed by atoms with van der Waals surface area (Å²) in [5.41, 5.74) is 1.03. The molecular formula is C25H33N3O4. The smallest absolute Gasteiger partial charge is 0.266 e. The number of hydrogen-bond donors (Lipinski definition) is 1. The van der Waals surface area contributed by atoms with Gasteiger partial charge in [0.25, 0.3) is 5.56 Å². The van der Waals surface area contributed by atoms with E-state index in [1.54, 1.807) is 12.1 Å². The van der Waals surface area contributed by atoms with Gasteiger partial charge in [0.2, 0.25) is 0 Å². The molecule has 172 valence electrons. The molecule has 3 aliphatic rings. The first-order valence-corrected chi connectivity index (χ1v) is 11.8. The van der Waals surface area contributed by atoms with Crippen LogP contribution in [0.2, 0.25) is 0 Å². The van der Waals surface area contributed by atoms with Crippen molar-refractivity contribution in [2.24, 2.45) is 0 Å². The highest BCUT2D eigenvalue weighted by molar-refractivity contribution is 5.43. The SMILES string of the molecule is CC(C)c1ccc(=O)n(CC2(O)C[C@@H]3CCC[C@@H](C2)N3Cc2ccc3c(c2)OCCO3)n1. The summed E-state index contributed by atoms with van der Waals surface area (Å²) in [5, 5.41) is 16.1. The predicted octanol–water partition coefficient (Wildman–Crippen LogP) is 3.09. The van der Waals surface area contributed by atoms with Crippen molar-refractivity contribution in [1.82, 2.24) is 14.7 Å². The molecule has 2 saturated heterocycles. The summed E-state index contributed by atoms with van der Waals surface area (Å²) in [7, 11) is 0. The van der Waals surface area contributed by atoms with Gasteiger partial charge in [-0.3, -0.25) is 9.69 Å². The van der Waals surface area contributed by atoms with E-state index in [0.29, 0.717) is 38.1 Å². The molecule has 7 nitrogen and oxygen atoms in total. The van der Waals surface area contributed by atoms with E-state index in [1.165, 1.54) is 16.7 Å². The van der Waals surface area contributed by atoms with E-state index >= 15 is 0 Å². The molecule has 5 rings (SSSR count). The van der Waals surface area contributed by atoms with Crippen molar-refractivity contribution in [2.45, 2.75) is 82.6 Å². The summed E-state index contributed by atoms with van der Waals surface area (Å²) in [6.07, 6.45) is 4.64. The highest BCUT2D eigenvalue weighted by Gasteiger charge is 2.45. The molecule has 1 aromatic heterocycles. The van der Waals surface area contributed by atoms with E-state index in [1.807, 2.05) is 6.07 Å². The van der Waals surface area contributed by atoms with Crippen LogP contribution in [-0.2, 0) is 13.1 Å². The second-order valence-corrected chi connectivity index (χ2v) is 9.93. The first kappa shape index (κ1) is 21.5. The summed E-state index contributed by atoms with van der Waals surface area (Å²) >= 11 is 0. The lowest BCUT2D eigenvalue weighted by molar-refractivity contribution is -0.105. The topological polar surface area (TPSA) is 76.8 Å². The molecule has 2 atom stereocenters. The Morgan fingerprint density at radius 1 is 1.09 bits per heavy atom. The van der Waals surface area contributed by atoms with Gasteiger partial charge in [-0.1, -0.05) is 26.3 Å². The zero-order valence-electron chi connectivity index (χ0n) is 19.0. The second-order valence-electron chi connectivity index (χ2n) is 9.93. The average Bonchev–Trinajstić information content (AvgIpc) is 2.76. The maximum absolute atomic E-state index is 12.4. The van der Waals surface area contributed by atoms with E-state index in [-0.39, 0.29) is 18.0 Å². The molecule has 0 spiro atoms. The van der Waals surface area contributed by atoms with Gasteiger partial charge in [-0.25, -0.2) is 4.68 Å². The Morgan fingerprint density at radius 3 is 2.53 bits per heavy atom. The van der Waals surface area contributed by atoms with Crippen molar-refractivity contribution in [3.63, 3.8) is 0 Å². The number of hydrogen-bond acceptors (Lipinski definition) is 6. The van der Waals surface area contributed by atoms with Crippen molar-refractivity contribution >= 4 is 0 Å². The Hall–Kier alpha value is -2.38. The van der Waals surface area contributed by atoms with Crippen LogP contribution < -0.4 is 15.0 Å². The molecule has 32 heavy (non-hydrogen) atoms. The summed E-state index contributed by atoms with van der Waals surface area (Å²) < 4.78 is 12.9. The number of aromatic nitrogens is 2. The fourth-order valence-corrected chi connectivity index (χ4v) is 5.57. The van der Waals surface area contributed by atoms with Gasteiger partial charge in [0.15, 0.2) is 11.5 Å². The lowest BCUT2D eigenvalue weighted by Gasteiger charge is -2.52. The minimum atomic E-state index is -0.911. The fourth-order valence-electron chi connectivity index (χ4n) is 5.57. The summed E-state index contributed by atoms with van der Waals surface area (Å²) in [5.74, 6) is 1.88. The largest absolute Gasteiger partial charge is 0.486 e. The van der Waals surface area contributed by atoms with Crippen molar-refractivity contribution in [1.29, 1.82) is 0 Å². The number of benzene rings is 1. The van der Waals surface area contributed by atoms with Gasteiger partial charge >= 0.3 is 0 Å². The third-order valence-electron chi connectivity index (χ3n) is 7.14. The predicted molar refractivity (Wildman–Crippen MR) is 121 cm³/mol. The van der Waals surface area contributed by atoms with Gasteiger partial charge in [0.1, 0.15) is 13.2 Å². The van der Waals surface area contributed by atoms with Gasteiger partial charge in [-0.15, -0.1) is 0 Å². The number of nitrogens with zero attached hydrogens (tertiary/aromatic N) is 3. The quantitative estimate of drug-likeness (QED) is 0.772. The number of aliphatic hydroxyl groups is 1. The van der Waals surface area contributed by atoms with Crippen molar-refractivity contribution < 1.29 is 14.6 Å². The van der Waals surface area contributed by atoms with Crippen LogP contribution in [0.4, 0.5) is 0 Å². The Labute approximate surface area is 189 Å². The van der Waals surface area contributed by atoms with Crippen LogP contribution in [0.25, 0.3) is 0 Å². The van der Waals surface area contributed by atoms with Gasteiger partial charge in [0.05, 0.1) is 17.8 Å². The van der Waals surface area contributed by atoms with E-state index in [2.05, 4.69) is 36.0 Å². The molecule has 0 amide bonds. The van der Waals surface area contributed by atoms with E-state index in [9.17, 15) is 9.90 Å². The molecule has 2 fully saturated rings. The molecule has 7 heteroatoms. The van der Waals surface area contributed by atoms with Gasteiger partial charge in [-0.2, -0.15) is 5.10 Å². The van der Waals surface area contributed by atoms with Gasteiger partial charge < -0.3 is 14.6 Å². The van der Waals surface area contributed by atoms with Crippen LogP contribution in [0.3, 0.4) is 0 Å². The van der Waals surface area contributed by atoms with Crippen LogP contribution in [-0.4, -0.2) is 50.7 Å². The fraction of sp³-hybridized carbons (Fsp3) is 0.600. The molecule has 2 bridgehead atoms. The molecule has 2 aromatic rings. The van der Waals surface area contributed by atoms with Crippen molar-refractivity contribution in [2.75, 3.05) is 13.2 Å². The Balaban J connectivity index is 1.33. The molecule has 1 aromatic carbocycles.